The van der Waals surface area contributed by atoms with Crippen LogP contribution in [0.4, 0.5) is 0 Å². The minimum atomic E-state index is 0.0258. The molecular weight excluding hydrogens is 238 g/mol. The maximum atomic E-state index is 7.66. The van der Waals surface area contributed by atoms with Gasteiger partial charge in [-0.15, -0.1) is 0 Å². The number of ether oxygens (including phenoxy) is 1. The van der Waals surface area contributed by atoms with E-state index in [-0.39, 0.29) is 11.9 Å². The van der Waals surface area contributed by atoms with Gasteiger partial charge in [0.15, 0.2) is 0 Å². The van der Waals surface area contributed by atoms with Gasteiger partial charge in [0.1, 0.15) is 11.9 Å². The van der Waals surface area contributed by atoms with Crippen LogP contribution in [0.1, 0.15) is 44.2 Å². The Morgan fingerprint density at radius 3 is 2.74 bits per heavy atom. The predicted molar refractivity (Wildman–Crippen MR) is 76.6 cm³/mol. The summed E-state index contributed by atoms with van der Waals surface area (Å²) in [4.78, 5) is 4.26. The van der Waals surface area contributed by atoms with Crippen molar-refractivity contribution >= 4 is 5.84 Å². The van der Waals surface area contributed by atoms with Crippen molar-refractivity contribution in [2.75, 3.05) is 0 Å². The number of aryl methyl sites for hydroxylation is 1. The topological polar surface area (TPSA) is 72.0 Å². The Morgan fingerprint density at radius 2 is 2.11 bits per heavy atom. The number of hydrogen-bond acceptors (Lipinski definition) is 3. The molecule has 1 fully saturated rings. The van der Waals surface area contributed by atoms with Crippen LogP contribution in [0.2, 0.25) is 0 Å². The SMILES string of the molecule is Cc1ccnc(OC2CCC(C)C(C)C2)c1C(=N)N. The number of nitrogens with one attached hydrogen (secondary N) is 1. The monoisotopic (exact) mass is 261 g/mol. The molecular formula is C15H23N3O. The van der Waals surface area contributed by atoms with Crippen molar-refractivity contribution in [2.45, 2.75) is 46.1 Å². The number of hydrogen-bond donors (Lipinski definition) is 2. The van der Waals surface area contributed by atoms with E-state index in [2.05, 4.69) is 18.8 Å². The first-order chi connectivity index (χ1) is 8.99. The van der Waals surface area contributed by atoms with Crippen LogP contribution in [-0.4, -0.2) is 16.9 Å². The molecule has 4 nitrogen and oxygen atoms in total. The van der Waals surface area contributed by atoms with Crippen molar-refractivity contribution in [1.82, 2.24) is 4.98 Å². The molecule has 3 N–H and O–H groups in total. The maximum absolute atomic E-state index is 7.66. The second kappa shape index (κ2) is 5.59. The lowest BCUT2D eigenvalue weighted by atomic mass is 9.80. The van der Waals surface area contributed by atoms with E-state index in [1.54, 1.807) is 6.20 Å². The third-order valence-corrected chi connectivity index (χ3v) is 4.22. The van der Waals surface area contributed by atoms with Gasteiger partial charge in [0.05, 0.1) is 5.56 Å². The standard InChI is InChI=1S/C15H23N3O/c1-9-4-5-12(8-11(9)3)19-15-13(14(16)17)10(2)6-7-18-15/h6-7,9,11-12H,4-5,8H2,1-3H3,(H3,16,17). The van der Waals surface area contributed by atoms with Crippen LogP contribution in [0, 0.1) is 24.2 Å². The number of nitrogens with two attached hydrogens (primary N) is 1. The van der Waals surface area contributed by atoms with Crippen LogP contribution in [0.3, 0.4) is 0 Å². The lowest BCUT2D eigenvalue weighted by Crippen LogP contribution is -2.30. The van der Waals surface area contributed by atoms with Gasteiger partial charge < -0.3 is 10.5 Å². The van der Waals surface area contributed by atoms with E-state index in [1.165, 1.54) is 6.42 Å². The van der Waals surface area contributed by atoms with E-state index in [4.69, 9.17) is 15.9 Å². The van der Waals surface area contributed by atoms with Crippen LogP contribution < -0.4 is 10.5 Å². The van der Waals surface area contributed by atoms with E-state index in [0.29, 0.717) is 17.4 Å². The quantitative estimate of drug-likeness (QED) is 0.649. The van der Waals surface area contributed by atoms with E-state index in [9.17, 15) is 0 Å². The van der Waals surface area contributed by atoms with Crippen molar-refractivity contribution in [2.24, 2.45) is 17.6 Å². The minimum Gasteiger partial charge on any atom is -0.474 e. The van der Waals surface area contributed by atoms with Crippen LogP contribution >= 0.6 is 0 Å². The molecule has 4 heteroatoms. The molecule has 104 valence electrons. The average Bonchev–Trinajstić information content (AvgIpc) is 2.33. The molecule has 2 rings (SSSR count). The predicted octanol–water partition coefficient (Wildman–Crippen LogP) is 2.88. The van der Waals surface area contributed by atoms with Crippen LogP contribution in [-0.2, 0) is 0 Å². The van der Waals surface area contributed by atoms with E-state index in [1.807, 2.05) is 13.0 Å². The fraction of sp³-hybridized carbons (Fsp3) is 0.600. The van der Waals surface area contributed by atoms with Gasteiger partial charge in [0, 0.05) is 6.20 Å². The van der Waals surface area contributed by atoms with E-state index < -0.39 is 0 Å². The number of amidine groups is 1. The zero-order valence-corrected chi connectivity index (χ0v) is 11.9. The Hall–Kier alpha value is -1.58. The molecule has 0 bridgehead atoms. The van der Waals surface area contributed by atoms with Crippen molar-refractivity contribution in [3.63, 3.8) is 0 Å². The summed E-state index contributed by atoms with van der Waals surface area (Å²) in [7, 11) is 0. The summed E-state index contributed by atoms with van der Waals surface area (Å²) in [5, 5.41) is 7.66. The molecule has 3 atom stereocenters. The number of nitrogens with zero attached hydrogens (tertiary/aromatic N) is 1. The van der Waals surface area contributed by atoms with Gasteiger partial charge in [-0.05, 0) is 49.7 Å². The third kappa shape index (κ3) is 3.06. The largest absolute Gasteiger partial charge is 0.474 e. The molecule has 1 aliphatic rings. The van der Waals surface area contributed by atoms with Crippen molar-refractivity contribution in [1.29, 1.82) is 5.41 Å². The normalized spacial score (nSPS) is 27.0. The molecule has 0 aliphatic heterocycles. The highest BCUT2D eigenvalue weighted by Crippen LogP contribution is 2.32. The van der Waals surface area contributed by atoms with Gasteiger partial charge in [0.25, 0.3) is 0 Å². The highest BCUT2D eigenvalue weighted by Gasteiger charge is 2.27. The van der Waals surface area contributed by atoms with Gasteiger partial charge in [0.2, 0.25) is 5.88 Å². The smallest absolute Gasteiger partial charge is 0.225 e. The molecule has 1 aliphatic carbocycles. The second-order valence-electron chi connectivity index (χ2n) is 5.73. The third-order valence-electron chi connectivity index (χ3n) is 4.22. The fourth-order valence-electron chi connectivity index (χ4n) is 2.71. The first-order valence-corrected chi connectivity index (χ1v) is 6.95. The Kier molecular flexibility index (Phi) is 4.08. The Morgan fingerprint density at radius 1 is 1.37 bits per heavy atom. The summed E-state index contributed by atoms with van der Waals surface area (Å²) in [5.41, 5.74) is 7.21. The maximum Gasteiger partial charge on any atom is 0.225 e. The molecule has 1 saturated carbocycles. The first-order valence-electron chi connectivity index (χ1n) is 6.95. The summed E-state index contributed by atoms with van der Waals surface area (Å²) in [6.45, 7) is 6.50. The zero-order valence-electron chi connectivity index (χ0n) is 11.9. The van der Waals surface area contributed by atoms with Crippen molar-refractivity contribution < 1.29 is 4.74 Å². The molecule has 1 aromatic heterocycles. The van der Waals surface area contributed by atoms with Gasteiger partial charge in [-0.25, -0.2) is 4.98 Å². The highest BCUT2D eigenvalue weighted by atomic mass is 16.5. The fourth-order valence-corrected chi connectivity index (χ4v) is 2.71. The lowest BCUT2D eigenvalue weighted by molar-refractivity contribution is 0.0962. The molecule has 3 unspecified atom stereocenters. The molecule has 0 spiro atoms. The summed E-state index contributed by atoms with van der Waals surface area (Å²) in [6, 6.07) is 1.86. The second-order valence-corrected chi connectivity index (χ2v) is 5.73. The van der Waals surface area contributed by atoms with E-state index in [0.717, 1.165) is 24.3 Å². The summed E-state index contributed by atoms with van der Waals surface area (Å²) in [5.74, 6) is 1.97. The first kappa shape index (κ1) is 13.8. The van der Waals surface area contributed by atoms with Crippen molar-refractivity contribution in [3.05, 3.63) is 23.4 Å². The molecule has 1 heterocycles. The molecule has 0 aromatic carbocycles. The molecule has 1 aromatic rings. The van der Waals surface area contributed by atoms with Gasteiger partial charge in [-0.2, -0.15) is 0 Å². The molecule has 0 radical (unpaired) electrons. The number of rotatable bonds is 3. The van der Waals surface area contributed by atoms with E-state index >= 15 is 0 Å². The van der Waals surface area contributed by atoms with Crippen molar-refractivity contribution in [3.8, 4) is 5.88 Å². The minimum absolute atomic E-state index is 0.0258. The summed E-state index contributed by atoms with van der Waals surface area (Å²) >= 11 is 0. The Bertz CT molecular complexity index is 472. The molecule has 0 amide bonds. The van der Waals surface area contributed by atoms with Gasteiger partial charge in [-0.1, -0.05) is 13.8 Å². The van der Waals surface area contributed by atoms with Crippen LogP contribution in [0.5, 0.6) is 5.88 Å². The Balaban J connectivity index is 2.15. The summed E-state index contributed by atoms with van der Waals surface area (Å²) in [6.07, 6.45) is 5.20. The zero-order chi connectivity index (χ0) is 14.0. The van der Waals surface area contributed by atoms with Gasteiger partial charge >= 0.3 is 0 Å². The van der Waals surface area contributed by atoms with Crippen LogP contribution in [0.25, 0.3) is 0 Å². The highest BCUT2D eigenvalue weighted by molar-refractivity contribution is 5.98. The molecule has 0 saturated heterocycles. The summed E-state index contributed by atoms with van der Waals surface area (Å²) < 4.78 is 6.02. The van der Waals surface area contributed by atoms with Gasteiger partial charge in [-0.3, -0.25) is 5.41 Å². The average molecular weight is 261 g/mol. The number of aromatic nitrogens is 1. The van der Waals surface area contributed by atoms with Crippen LogP contribution in [0.15, 0.2) is 12.3 Å². The Labute approximate surface area is 114 Å². The number of nitrogen functional groups attached to an aromatic ring is 1. The lowest BCUT2D eigenvalue weighted by Gasteiger charge is -2.32. The number of pyridine rings is 1. The molecule has 19 heavy (non-hydrogen) atoms.